The number of pyridine rings is 1. The topological polar surface area (TPSA) is 121 Å². The molecule has 2 saturated heterocycles. The summed E-state index contributed by atoms with van der Waals surface area (Å²) < 4.78 is 19.2. The number of benzene rings is 3. The fraction of sp³-hybridized carbons (Fsp3) is 0.273. The number of hydrogen-bond donors (Lipinski definition) is 5. The maximum absolute atomic E-state index is 13.9. The Balaban J connectivity index is 1.20. The van der Waals surface area contributed by atoms with Crippen LogP contribution < -0.4 is 21.6 Å². The second kappa shape index (κ2) is 12.9. The van der Waals surface area contributed by atoms with Crippen LogP contribution in [-0.4, -0.2) is 64.5 Å². The van der Waals surface area contributed by atoms with Gasteiger partial charge in [0, 0.05) is 42.2 Å². The maximum atomic E-state index is 13.9. The number of hydrazine groups is 2. The highest BCUT2D eigenvalue weighted by molar-refractivity contribution is 6.36. The predicted octanol–water partition coefficient (Wildman–Crippen LogP) is 5.45. The van der Waals surface area contributed by atoms with Crippen LogP contribution in [0.2, 0.25) is 10.0 Å². The highest BCUT2D eigenvalue weighted by Gasteiger charge is 2.38. The second-order valence-corrected chi connectivity index (χ2v) is 12.4. The van der Waals surface area contributed by atoms with Crippen LogP contribution in [0.15, 0.2) is 78.8 Å². The van der Waals surface area contributed by atoms with E-state index >= 15 is 0 Å². The van der Waals surface area contributed by atoms with E-state index in [1.807, 2.05) is 47.6 Å². The summed E-state index contributed by atoms with van der Waals surface area (Å²) in [5.74, 6) is -0.541. The molecule has 0 amide bonds. The number of hydrogen-bond acceptors (Lipinski definition) is 10. The fourth-order valence-corrected chi connectivity index (χ4v) is 6.58. The average molecular weight is 662 g/mol. The molecule has 0 saturated carbocycles. The van der Waals surface area contributed by atoms with E-state index in [9.17, 15) is 14.8 Å². The molecule has 3 aromatic carbocycles. The molecule has 3 aliphatic heterocycles. The molecule has 1 unspecified atom stereocenters. The van der Waals surface area contributed by atoms with E-state index < -0.39 is 11.9 Å². The van der Waals surface area contributed by atoms with Crippen molar-refractivity contribution in [2.75, 3.05) is 36.9 Å². The van der Waals surface area contributed by atoms with Gasteiger partial charge >= 0.3 is 0 Å². The molecule has 5 N–H and O–H groups in total. The van der Waals surface area contributed by atoms with Crippen molar-refractivity contribution in [3.8, 4) is 6.07 Å². The van der Waals surface area contributed by atoms with Gasteiger partial charge in [-0.15, -0.1) is 5.53 Å². The van der Waals surface area contributed by atoms with Gasteiger partial charge in [-0.3, -0.25) is 14.9 Å². The number of aliphatic hydroxyl groups excluding tert-OH is 1. The summed E-state index contributed by atoms with van der Waals surface area (Å²) >= 11 is 12.8. The van der Waals surface area contributed by atoms with Crippen molar-refractivity contribution in [2.45, 2.75) is 30.7 Å². The molecule has 3 atom stereocenters. The largest absolute Gasteiger partial charge is 0.390 e. The van der Waals surface area contributed by atoms with Crippen LogP contribution in [0.1, 0.15) is 23.6 Å². The van der Waals surface area contributed by atoms with Gasteiger partial charge in [0.05, 0.1) is 70.0 Å². The number of β-amino-alcohol motifs (C(OH)–C–C–N with tert-alkyl or cyclic N) is 1. The quantitative estimate of drug-likeness (QED) is 0.167. The number of aromatic nitrogens is 1. The van der Waals surface area contributed by atoms with Gasteiger partial charge < -0.3 is 25.9 Å². The van der Waals surface area contributed by atoms with E-state index in [0.717, 1.165) is 37.4 Å². The molecule has 1 aromatic heterocycles. The van der Waals surface area contributed by atoms with Crippen LogP contribution in [0.5, 0.6) is 0 Å². The van der Waals surface area contributed by atoms with Crippen LogP contribution in [-0.2, 0) is 4.74 Å². The van der Waals surface area contributed by atoms with Crippen LogP contribution >= 0.6 is 23.2 Å². The molecule has 10 nitrogen and oxygen atoms in total. The van der Waals surface area contributed by atoms with Gasteiger partial charge in [-0.2, -0.15) is 5.26 Å². The lowest BCUT2D eigenvalue weighted by molar-refractivity contribution is -0.101. The lowest BCUT2D eigenvalue weighted by atomic mass is 9.99. The number of nitrogens with one attached hydrogen (secondary N) is 4. The molecule has 4 heterocycles. The Morgan fingerprint density at radius 2 is 1.89 bits per heavy atom. The number of rotatable bonds is 8. The summed E-state index contributed by atoms with van der Waals surface area (Å²) in [6.07, 6.45) is 3.70. The first-order valence-electron chi connectivity index (χ1n) is 15.0. The van der Waals surface area contributed by atoms with Crippen molar-refractivity contribution < 1.29 is 14.2 Å². The minimum atomic E-state index is -0.541. The van der Waals surface area contributed by atoms with Crippen molar-refractivity contribution in [1.29, 1.82) is 5.26 Å². The number of fused-ring (bicyclic) bond motifs is 1. The molecule has 0 radical (unpaired) electrons. The number of anilines is 3. The number of ether oxygens (including phenoxy) is 1. The van der Waals surface area contributed by atoms with Crippen molar-refractivity contribution in [3.05, 3.63) is 106 Å². The van der Waals surface area contributed by atoms with E-state index in [0.29, 0.717) is 45.6 Å². The Hall–Kier alpha value is -4.15. The zero-order valence-electron chi connectivity index (χ0n) is 24.6. The minimum Gasteiger partial charge on any atom is -0.390 e. The second-order valence-electron chi connectivity index (χ2n) is 11.6. The number of nitrogens with zero attached hydrogens (tertiary/aromatic N) is 4. The highest BCUT2D eigenvalue weighted by Crippen LogP contribution is 2.37. The molecular weight excluding hydrogens is 630 g/mol. The number of aliphatic hydroxyl groups is 1. The molecule has 2 fully saturated rings. The predicted molar refractivity (Wildman–Crippen MR) is 176 cm³/mol. The Morgan fingerprint density at radius 3 is 2.61 bits per heavy atom. The van der Waals surface area contributed by atoms with Gasteiger partial charge in [-0.25, -0.2) is 4.39 Å². The standard InChI is InChI=1S/C33H31Cl2FN8O2/c34-25-11-21(6-7-27(25)36)39-31-20(13-37)14-38-33-24(31)10-22(12-26(33)35)40-32(19-4-2-1-3-5-19)28-15-44(42-41-28)29-8-9-43(16-30(29)45)23-17-46-18-23/h1-7,10-12,14-15,23,29-30,32,40-42,45H,8-9,16-18H2,(H,38,39)/t29?,30-,32+/m1/s1. The van der Waals surface area contributed by atoms with E-state index in [1.165, 1.54) is 18.3 Å². The zero-order chi connectivity index (χ0) is 31.8. The molecule has 0 aliphatic carbocycles. The Morgan fingerprint density at radius 1 is 1.09 bits per heavy atom. The zero-order valence-corrected chi connectivity index (χ0v) is 26.1. The van der Waals surface area contributed by atoms with E-state index in [4.69, 9.17) is 27.9 Å². The molecule has 46 heavy (non-hydrogen) atoms. The van der Waals surface area contributed by atoms with Crippen LogP contribution in [0.3, 0.4) is 0 Å². The Labute approximate surface area is 275 Å². The maximum Gasteiger partial charge on any atom is 0.141 e. The van der Waals surface area contributed by atoms with E-state index in [1.54, 1.807) is 12.1 Å². The molecule has 4 aromatic rings. The summed E-state index contributed by atoms with van der Waals surface area (Å²) in [6, 6.07) is 20.0. The number of halogens is 3. The van der Waals surface area contributed by atoms with Crippen molar-refractivity contribution in [3.63, 3.8) is 0 Å². The summed E-state index contributed by atoms with van der Waals surface area (Å²) in [5.41, 5.74) is 10.8. The smallest absolute Gasteiger partial charge is 0.141 e. The van der Waals surface area contributed by atoms with Gasteiger partial charge in [-0.05, 0) is 42.3 Å². The summed E-state index contributed by atoms with van der Waals surface area (Å²) in [4.78, 5) is 6.76. The highest BCUT2D eigenvalue weighted by atomic mass is 35.5. The normalized spacial score (nSPS) is 20.8. The summed E-state index contributed by atoms with van der Waals surface area (Å²) in [5, 5.41) is 30.7. The molecule has 0 spiro atoms. The van der Waals surface area contributed by atoms with E-state index in [2.05, 4.69) is 37.5 Å². The Kier molecular flexibility index (Phi) is 8.57. The molecule has 0 bridgehead atoms. The summed E-state index contributed by atoms with van der Waals surface area (Å²) in [7, 11) is 0. The first kappa shape index (κ1) is 30.5. The van der Waals surface area contributed by atoms with Gasteiger partial charge in [-0.1, -0.05) is 53.5 Å². The third kappa shape index (κ3) is 6.03. The fourth-order valence-electron chi connectivity index (χ4n) is 6.14. The SMILES string of the molecule is N#Cc1cnc2c(Cl)cc(N[C@H](C3=CN(C4CCN(C5COC5)C[C@H]4O)NN3)c3ccccc3)cc2c1Nc1ccc(F)c(Cl)c1. The number of likely N-dealkylation sites (tertiary alicyclic amines) is 1. The van der Waals surface area contributed by atoms with Crippen molar-refractivity contribution >= 4 is 51.2 Å². The molecular formula is C33H31Cl2FN8O2. The third-order valence-corrected chi connectivity index (χ3v) is 9.25. The third-order valence-electron chi connectivity index (χ3n) is 8.67. The van der Waals surface area contributed by atoms with Crippen molar-refractivity contribution in [1.82, 2.24) is 25.9 Å². The van der Waals surface area contributed by atoms with Crippen LogP contribution in [0.4, 0.5) is 21.5 Å². The molecule has 7 rings (SSSR count). The van der Waals surface area contributed by atoms with Gasteiger partial charge in [0.2, 0.25) is 0 Å². The molecule has 236 valence electrons. The molecule has 13 heteroatoms. The Bertz CT molecular complexity index is 1830. The average Bonchev–Trinajstić information content (AvgIpc) is 3.51. The lowest BCUT2D eigenvalue weighted by Gasteiger charge is -2.45. The first-order chi connectivity index (χ1) is 22.4. The van der Waals surface area contributed by atoms with Gasteiger partial charge in [0.1, 0.15) is 11.9 Å². The van der Waals surface area contributed by atoms with Gasteiger partial charge in [0.15, 0.2) is 0 Å². The minimum absolute atomic E-state index is 0.0426. The van der Waals surface area contributed by atoms with Crippen LogP contribution in [0.25, 0.3) is 10.9 Å². The lowest BCUT2D eigenvalue weighted by Crippen LogP contribution is -2.61. The summed E-state index contributed by atoms with van der Waals surface area (Å²) in [6.45, 7) is 2.92. The van der Waals surface area contributed by atoms with Gasteiger partial charge in [0.25, 0.3) is 0 Å². The van der Waals surface area contributed by atoms with Crippen molar-refractivity contribution in [2.24, 2.45) is 0 Å². The van der Waals surface area contributed by atoms with Crippen LogP contribution in [0, 0.1) is 17.1 Å². The first-order valence-corrected chi connectivity index (χ1v) is 15.7. The monoisotopic (exact) mass is 660 g/mol. The number of piperidine rings is 1. The van der Waals surface area contributed by atoms with E-state index in [-0.39, 0.29) is 22.7 Å². The molecule has 3 aliphatic rings. The number of nitriles is 1.